The number of anilines is 1. The van der Waals surface area contributed by atoms with Crippen LogP contribution in [0.2, 0.25) is 5.02 Å². The van der Waals surface area contributed by atoms with Gasteiger partial charge in [-0.05, 0) is 49.3 Å². The standard InChI is InChI=1S/C15H21ClN2O/c1-9-3-4-14(5-10(9)2)18-15(19)11-6-12(16)8-13(17)7-11/h6-10,14H,3-5,17H2,1-2H3,(H,18,19). The Kier molecular flexibility index (Phi) is 4.35. The second-order valence-corrected chi connectivity index (χ2v) is 6.15. The fourth-order valence-electron chi connectivity index (χ4n) is 2.69. The molecule has 104 valence electrons. The second-order valence-electron chi connectivity index (χ2n) is 5.71. The van der Waals surface area contributed by atoms with Crippen LogP contribution >= 0.6 is 11.6 Å². The minimum atomic E-state index is -0.0825. The predicted octanol–water partition coefficient (Wildman–Crippen LogP) is 3.48. The lowest BCUT2D eigenvalue weighted by molar-refractivity contribution is 0.0910. The van der Waals surface area contributed by atoms with Gasteiger partial charge >= 0.3 is 0 Å². The molecule has 0 bridgehead atoms. The highest BCUT2D eigenvalue weighted by atomic mass is 35.5. The SMILES string of the molecule is CC1CCC(NC(=O)c2cc(N)cc(Cl)c2)CC1C. The smallest absolute Gasteiger partial charge is 0.251 e. The number of hydrogen-bond acceptors (Lipinski definition) is 2. The van der Waals surface area contributed by atoms with E-state index < -0.39 is 0 Å². The van der Waals surface area contributed by atoms with Gasteiger partial charge < -0.3 is 11.1 Å². The van der Waals surface area contributed by atoms with E-state index in [-0.39, 0.29) is 11.9 Å². The minimum absolute atomic E-state index is 0.0825. The van der Waals surface area contributed by atoms with Crippen LogP contribution in [0.3, 0.4) is 0 Å². The van der Waals surface area contributed by atoms with Crippen molar-refractivity contribution in [3.63, 3.8) is 0 Å². The van der Waals surface area contributed by atoms with E-state index in [2.05, 4.69) is 19.2 Å². The van der Waals surface area contributed by atoms with Crippen LogP contribution in [0.5, 0.6) is 0 Å². The molecule has 3 nitrogen and oxygen atoms in total. The molecule has 1 saturated carbocycles. The highest BCUT2D eigenvalue weighted by molar-refractivity contribution is 6.31. The molecule has 0 aromatic heterocycles. The van der Waals surface area contributed by atoms with E-state index >= 15 is 0 Å². The number of carbonyl (C=O) groups excluding carboxylic acids is 1. The first kappa shape index (κ1) is 14.2. The van der Waals surface area contributed by atoms with Gasteiger partial charge in [-0.2, -0.15) is 0 Å². The first-order valence-corrected chi connectivity index (χ1v) is 7.20. The molecular weight excluding hydrogens is 260 g/mol. The molecule has 2 rings (SSSR count). The number of nitrogens with two attached hydrogens (primary N) is 1. The lowest BCUT2D eigenvalue weighted by Gasteiger charge is -2.32. The zero-order chi connectivity index (χ0) is 14.0. The van der Waals surface area contributed by atoms with Crippen LogP contribution in [0.15, 0.2) is 18.2 Å². The van der Waals surface area contributed by atoms with Gasteiger partial charge in [0.25, 0.3) is 5.91 Å². The Hall–Kier alpha value is -1.22. The molecule has 0 heterocycles. The summed E-state index contributed by atoms with van der Waals surface area (Å²) in [4.78, 5) is 12.2. The average molecular weight is 281 g/mol. The molecule has 0 saturated heterocycles. The van der Waals surface area contributed by atoms with Gasteiger partial charge in [-0.15, -0.1) is 0 Å². The van der Waals surface area contributed by atoms with Crippen molar-refractivity contribution in [3.8, 4) is 0 Å². The van der Waals surface area contributed by atoms with Crippen LogP contribution in [-0.2, 0) is 0 Å². The molecule has 0 aliphatic heterocycles. The van der Waals surface area contributed by atoms with Crippen molar-refractivity contribution >= 4 is 23.2 Å². The third-order valence-corrected chi connectivity index (χ3v) is 4.33. The minimum Gasteiger partial charge on any atom is -0.399 e. The van der Waals surface area contributed by atoms with E-state index in [1.165, 1.54) is 6.42 Å². The highest BCUT2D eigenvalue weighted by Crippen LogP contribution is 2.29. The molecule has 1 aromatic carbocycles. The summed E-state index contributed by atoms with van der Waals surface area (Å²) in [5.41, 5.74) is 6.76. The lowest BCUT2D eigenvalue weighted by Crippen LogP contribution is -2.39. The molecule has 1 aliphatic rings. The van der Waals surface area contributed by atoms with Gasteiger partial charge in [0.1, 0.15) is 0 Å². The third-order valence-electron chi connectivity index (χ3n) is 4.12. The quantitative estimate of drug-likeness (QED) is 0.815. The van der Waals surface area contributed by atoms with E-state index in [0.717, 1.165) is 18.8 Å². The summed E-state index contributed by atoms with van der Waals surface area (Å²) < 4.78 is 0. The Morgan fingerprint density at radius 2 is 2.00 bits per heavy atom. The monoisotopic (exact) mass is 280 g/mol. The Morgan fingerprint density at radius 1 is 1.26 bits per heavy atom. The molecule has 1 fully saturated rings. The summed E-state index contributed by atoms with van der Waals surface area (Å²) in [7, 11) is 0. The van der Waals surface area contributed by atoms with E-state index in [4.69, 9.17) is 17.3 Å². The van der Waals surface area contributed by atoms with Crippen LogP contribution in [0.25, 0.3) is 0 Å². The van der Waals surface area contributed by atoms with E-state index in [1.807, 2.05) is 0 Å². The van der Waals surface area contributed by atoms with Gasteiger partial charge in [0.2, 0.25) is 0 Å². The largest absolute Gasteiger partial charge is 0.399 e. The van der Waals surface area contributed by atoms with Crippen LogP contribution < -0.4 is 11.1 Å². The number of nitrogen functional groups attached to an aromatic ring is 1. The number of amides is 1. The van der Waals surface area contributed by atoms with Gasteiger partial charge in [0.05, 0.1) is 0 Å². The van der Waals surface area contributed by atoms with Crippen molar-refractivity contribution in [2.75, 3.05) is 5.73 Å². The molecular formula is C15H21ClN2O. The van der Waals surface area contributed by atoms with E-state index in [1.54, 1.807) is 18.2 Å². The van der Waals surface area contributed by atoms with Gasteiger partial charge in [-0.3, -0.25) is 4.79 Å². The van der Waals surface area contributed by atoms with Gasteiger partial charge in [0.15, 0.2) is 0 Å². The Morgan fingerprint density at radius 3 is 2.63 bits per heavy atom. The molecule has 0 spiro atoms. The first-order chi connectivity index (χ1) is 8.95. The van der Waals surface area contributed by atoms with Crippen LogP contribution in [-0.4, -0.2) is 11.9 Å². The van der Waals surface area contributed by atoms with Crippen molar-refractivity contribution in [1.82, 2.24) is 5.32 Å². The number of hydrogen-bond donors (Lipinski definition) is 2. The van der Waals surface area contributed by atoms with Crippen LogP contribution in [0.4, 0.5) is 5.69 Å². The Labute approximate surface area is 119 Å². The maximum absolute atomic E-state index is 12.2. The zero-order valence-corrected chi connectivity index (χ0v) is 12.2. The number of benzene rings is 1. The lowest BCUT2D eigenvalue weighted by atomic mass is 9.79. The molecule has 1 aromatic rings. The first-order valence-electron chi connectivity index (χ1n) is 6.82. The summed E-state index contributed by atoms with van der Waals surface area (Å²) in [6.45, 7) is 4.53. The summed E-state index contributed by atoms with van der Waals surface area (Å²) in [6.07, 6.45) is 3.26. The third kappa shape index (κ3) is 3.63. The van der Waals surface area contributed by atoms with Crippen molar-refractivity contribution in [2.24, 2.45) is 11.8 Å². The molecule has 0 radical (unpaired) electrons. The van der Waals surface area contributed by atoms with Crippen molar-refractivity contribution < 1.29 is 4.79 Å². The summed E-state index contributed by atoms with van der Waals surface area (Å²) in [6, 6.07) is 5.22. The maximum atomic E-state index is 12.2. The molecule has 3 unspecified atom stereocenters. The number of rotatable bonds is 2. The van der Waals surface area contributed by atoms with Crippen molar-refractivity contribution in [3.05, 3.63) is 28.8 Å². The number of nitrogens with one attached hydrogen (secondary N) is 1. The Balaban J connectivity index is 2.01. The van der Waals surface area contributed by atoms with Gasteiger partial charge in [-0.25, -0.2) is 0 Å². The molecule has 3 N–H and O–H groups in total. The molecule has 1 amide bonds. The fourth-order valence-corrected chi connectivity index (χ4v) is 2.93. The van der Waals surface area contributed by atoms with Gasteiger partial charge in [0, 0.05) is 22.3 Å². The normalized spacial score (nSPS) is 27.0. The summed E-state index contributed by atoms with van der Waals surface area (Å²) in [5, 5.41) is 3.58. The molecule has 1 aliphatic carbocycles. The average Bonchev–Trinajstić information content (AvgIpc) is 2.32. The number of halogens is 1. The second kappa shape index (κ2) is 5.83. The van der Waals surface area contributed by atoms with Crippen molar-refractivity contribution in [2.45, 2.75) is 39.2 Å². The maximum Gasteiger partial charge on any atom is 0.251 e. The Bertz CT molecular complexity index is 455. The van der Waals surface area contributed by atoms with Crippen LogP contribution in [0.1, 0.15) is 43.5 Å². The molecule has 4 heteroatoms. The van der Waals surface area contributed by atoms with Crippen LogP contribution in [0, 0.1) is 11.8 Å². The number of carbonyl (C=O) groups is 1. The topological polar surface area (TPSA) is 55.1 Å². The highest BCUT2D eigenvalue weighted by Gasteiger charge is 2.25. The molecule has 19 heavy (non-hydrogen) atoms. The zero-order valence-electron chi connectivity index (χ0n) is 11.4. The van der Waals surface area contributed by atoms with Crippen molar-refractivity contribution in [1.29, 1.82) is 0 Å². The van der Waals surface area contributed by atoms with Gasteiger partial charge in [-0.1, -0.05) is 25.4 Å². The van der Waals surface area contributed by atoms with E-state index in [0.29, 0.717) is 22.2 Å². The fraction of sp³-hybridized carbons (Fsp3) is 0.533. The predicted molar refractivity (Wildman–Crippen MR) is 79.3 cm³/mol. The molecule has 3 atom stereocenters. The van der Waals surface area contributed by atoms with E-state index in [9.17, 15) is 4.79 Å². The summed E-state index contributed by atoms with van der Waals surface area (Å²) >= 11 is 5.92. The summed E-state index contributed by atoms with van der Waals surface area (Å²) in [5.74, 6) is 1.32.